The van der Waals surface area contributed by atoms with Gasteiger partial charge in [-0.25, -0.2) is 0 Å². The van der Waals surface area contributed by atoms with Gasteiger partial charge in [-0.1, -0.05) is 76.2 Å². The van der Waals surface area contributed by atoms with Gasteiger partial charge in [-0.05, 0) is 47.9 Å². The second-order valence-electron chi connectivity index (χ2n) is 5.00. The van der Waals surface area contributed by atoms with Crippen LogP contribution in [0.5, 0.6) is 0 Å². The molecule has 20 heavy (non-hydrogen) atoms. The summed E-state index contributed by atoms with van der Waals surface area (Å²) < 4.78 is 0. The average molecular weight is 268 g/mol. The van der Waals surface area contributed by atoms with Crippen molar-refractivity contribution in [2.75, 3.05) is 0 Å². The van der Waals surface area contributed by atoms with Crippen molar-refractivity contribution in [2.45, 2.75) is 53.4 Å². The molecule has 0 nitrogen and oxygen atoms in total. The molecule has 0 unspecified atom stereocenters. The van der Waals surface area contributed by atoms with E-state index >= 15 is 0 Å². The van der Waals surface area contributed by atoms with Gasteiger partial charge in [0.25, 0.3) is 0 Å². The highest BCUT2D eigenvalue weighted by Crippen LogP contribution is 2.09. The number of hydrogen-bond donors (Lipinski definition) is 0. The Morgan fingerprint density at radius 3 is 1.10 bits per heavy atom. The summed E-state index contributed by atoms with van der Waals surface area (Å²) in [5, 5.41) is 0. The normalized spacial score (nSPS) is 9.80. The molecule has 0 fully saturated rings. The highest BCUT2D eigenvalue weighted by atomic mass is 14.0. The van der Waals surface area contributed by atoms with Crippen LogP contribution in [-0.4, -0.2) is 0 Å². The molecule has 0 aliphatic carbocycles. The van der Waals surface area contributed by atoms with Crippen molar-refractivity contribution in [3.05, 3.63) is 70.8 Å². The molecule has 0 N–H and O–H groups in total. The first-order valence-electron chi connectivity index (χ1n) is 7.89. The predicted octanol–water partition coefficient (Wildman–Crippen LogP) is 5.62. The molecule has 0 bridgehead atoms. The highest BCUT2D eigenvalue weighted by molar-refractivity contribution is 5.26. The summed E-state index contributed by atoms with van der Waals surface area (Å²) in [4.78, 5) is 0. The van der Waals surface area contributed by atoms with E-state index in [1.54, 1.807) is 0 Å². The van der Waals surface area contributed by atoms with Crippen LogP contribution in [0.15, 0.2) is 48.5 Å². The van der Waals surface area contributed by atoms with Crippen LogP contribution >= 0.6 is 0 Å². The summed E-state index contributed by atoms with van der Waals surface area (Å²) in [5.74, 6) is 0. The van der Waals surface area contributed by atoms with Crippen molar-refractivity contribution in [3.8, 4) is 0 Å². The molecule has 2 aromatic rings. The van der Waals surface area contributed by atoms with Crippen LogP contribution < -0.4 is 0 Å². The van der Waals surface area contributed by atoms with Gasteiger partial charge < -0.3 is 0 Å². The van der Waals surface area contributed by atoms with Gasteiger partial charge in [-0.15, -0.1) is 0 Å². The number of rotatable bonds is 4. The van der Waals surface area contributed by atoms with Crippen molar-refractivity contribution in [2.24, 2.45) is 0 Å². The Morgan fingerprint density at radius 2 is 0.850 bits per heavy atom. The smallest absolute Gasteiger partial charge is 0.0305 e. The Balaban J connectivity index is 0.000000200. The van der Waals surface area contributed by atoms with Gasteiger partial charge in [0, 0.05) is 0 Å². The third-order valence-corrected chi connectivity index (χ3v) is 3.72. The molecule has 108 valence electrons. The van der Waals surface area contributed by atoms with E-state index < -0.39 is 0 Å². The first-order valence-corrected chi connectivity index (χ1v) is 7.89. The monoisotopic (exact) mass is 268 g/mol. The van der Waals surface area contributed by atoms with E-state index in [0.29, 0.717) is 0 Å². The van der Waals surface area contributed by atoms with Crippen LogP contribution in [0.2, 0.25) is 0 Å². The summed E-state index contributed by atoms with van der Waals surface area (Å²) in [6, 6.07) is 17.5. The quantitative estimate of drug-likeness (QED) is 0.675. The third-order valence-electron chi connectivity index (χ3n) is 3.72. The van der Waals surface area contributed by atoms with Crippen LogP contribution in [0.25, 0.3) is 0 Å². The lowest BCUT2D eigenvalue weighted by Crippen LogP contribution is -1.88. The summed E-state index contributed by atoms with van der Waals surface area (Å²) in [6.07, 6.45) is 4.60. The van der Waals surface area contributed by atoms with Crippen molar-refractivity contribution in [1.29, 1.82) is 0 Å². The van der Waals surface area contributed by atoms with Crippen LogP contribution in [-0.2, 0) is 25.7 Å². The maximum Gasteiger partial charge on any atom is -0.0305 e. The van der Waals surface area contributed by atoms with Crippen molar-refractivity contribution in [3.63, 3.8) is 0 Å². The molecule has 0 aliphatic heterocycles. The fraction of sp³-hybridized carbons (Fsp3) is 0.400. The predicted molar refractivity (Wildman–Crippen MR) is 90.4 cm³/mol. The largest absolute Gasteiger partial charge is 0.0620 e. The van der Waals surface area contributed by atoms with Gasteiger partial charge >= 0.3 is 0 Å². The van der Waals surface area contributed by atoms with E-state index in [0.717, 1.165) is 25.7 Å². The zero-order valence-corrected chi connectivity index (χ0v) is 13.4. The number of aryl methyl sites for hydroxylation is 4. The van der Waals surface area contributed by atoms with E-state index in [1.165, 1.54) is 22.3 Å². The summed E-state index contributed by atoms with van der Waals surface area (Å²) in [7, 11) is 0. The highest BCUT2D eigenvalue weighted by Gasteiger charge is 1.94. The van der Waals surface area contributed by atoms with Crippen LogP contribution in [0.4, 0.5) is 0 Å². The molecular weight excluding hydrogens is 240 g/mol. The first-order chi connectivity index (χ1) is 9.74. The lowest BCUT2D eigenvalue weighted by molar-refractivity contribution is 1.04. The number of benzene rings is 2. The maximum atomic E-state index is 2.21. The SMILES string of the molecule is CCc1ccc(CC)cc1.CCc1ccccc1CC. The van der Waals surface area contributed by atoms with E-state index in [1.807, 2.05) is 0 Å². The van der Waals surface area contributed by atoms with Gasteiger partial charge in [0.1, 0.15) is 0 Å². The lowest BCUT2D eigenvalue weighted by Gasteiger charge is -2.02. The minimum atomic E-state index is 1.14. The van der Waals surface area contributed by atoms with Gasteiger partial charge in [0.05, 0.1) is 0 Å². The van der Waals surface area contributed by atoms with E-state index in [4.69, 9.17) is 0 Å². The Kier molecular flexibility index (Phi) is 7.72. The average Bonchev–Trinajstić information content (AvgIpc) is 2.55. The summed E-state index contributed by atoms with van der Waals surface area (Å²) in [6.45, 7) is 8.77. The molecular formula is C20H28. The molecule has 0 aliphatic rings. The molecule has 0 saturated carbocycles. The number of hydrogen-bond acceptors (Lipinski definition) is 0. The van der Waals surface area contributed by atoms with Crippen LogP contribution in [0.1, 0.15) is 49.9 Å². The molecule has 2 aromatic carbocycles. The minimum Gasteiger partial charge on any atom is -0.0620 e. The maximum absolute atomic E-state index is 2.21. The fourth-order valence-corrected chi connectivity index (χ4v) is 2.26. The van der Waals surface area contributed by atoms with Crippen molar-refractivity contribution >= 4 is 0 Å². The Hall–Kier alpha value is -1.56. The molecule has 0 saturated heterocycles. The summed E-state index contributed by atoms with van der Waals surface area (Å²) in [5.41, 5.74) is 5.84. The molecule has 0 atom stereocenters. The van der Waals surface area contributed by atoms with Crippen molar-refractivity contribution in [1.82, 2.24) is 0 Å². The van der Waals surface area contributed by atoms with Crippen LogP contribution in [0.3, 0.4) is 0 Å². The third kappa shape index (κ3) is 5.21. The zero-order valence-electron chi connectivity index (χ0n) is 13.4. The van der Waals surface area contributed by atoms with Crippen molar-refractivity contribution < 1.29 is 0 Å². The molecule has 0 radical (unpaired) electrons. The summed E-state index contributed by atoms with van der Waals surface area (Å²) >= 11 is 0. The van der Waals surface area contributed by atoms with Gasteiger partial charge in [-0.3, -0.25) is 0 Å². The van der Waals surface area contributed by atoms with Gasteiger partial charge in [0.15, 0.2) is 0 Å². The Bertz CT molecular complexity index is 434. The fourth-order valence-electron chi connectivity index (χ4n) is 2.26. The van der Waals surface area contributed by atoms with Crippen LogP contribution in [0, 0.1) is 0 Å². The molecule has 0 aromatic heterocycles. The topological polar surface area (TPSA) is 0 Å². The second kappa shape index (κ2) is 9.36. The van der Waals surface area contributed by atoms with Gasteiger partial charge in [0.2, 0.25) is 0 Å². The minimum absolute atomic E-state index is 1.14. The lowest BCUT2D eigenvalue weighted by atomic mass is 10.0. The van der Waals surface area contributed by atoms with E-state index in [2.05, 4.69) is 76.2 Å². The molecule has 0 heterocycles. The Morgan fingerprint density at radius 1 is 0.500 bits per heavy atom. The first kappa shape index (κ1) is 16.5. The molecule has 0 spiro atoms. The Labute approximate surface area is 124 Å². The standard InChI is InChI=1S/2C10H14/c1-3-9-5-7-10(4-2)8-6-9;1-3-9-7-5-6-8-10(9)4-2/h2*5-8H,3-4H2,1-2H3. The van der Waals surface area contributed by atoms with E-state index in [-0.39, 0.29) is 0 Å². The molecule has 0 amide bonds. The molecule has 2 rings (SSSR count). The molecule has 0 heteroatoms. The second-order valence-corrected chi connectivity index (χ2v) is 5.00. The zero-order chi connectivity index (χ0) is 14.8. The van der Waals surface area contributed by atoms with Gasteiger partial charge in [-0.2, -0.15) is 0 Å². The van der Waals surface area contributed by atoms with E-state index in [9.17, 15) is 0 Å².